The van der Waals surface area contributed by atoms with Crippen molar-refractivity contribution in [3.05, 3.63) is 71.8 Å². The second-order valence-corrected chi connectivity index (χ2v) is 5.90. The van der Waals surface area contributed by atoms with Gasteiger partial charge in [-0.15, -0.1) is 0 Å². The Balaban J connectivity index is 1.88. The number of amides is 1. The lowest BCUT2D eigenvalue weighted by atomic mass is 9.99. The number of nitrogens with zero attached hydrogens (tertiary/aromatic N) is 2. The first-order valence-electron chi connectivity index (χ1n) is 7.53. The molecule has 3 aromatic rings. The van der Waals surface area contributed by atoms with Gasteiger partial charge in [0.2, 0.25) is 5.91 Å². The molecule has 7 heteroatoms. The smallest absolute Gasteiger partial charge is 0.231 e. The molecule has 0 spiro atoms. The summed E-state index contributed by atoms with van der Waals surface area (Å²) in [6.07, 6.45) is 1.49. The third-order valence-corrected chi connectivity index (χ3v) is 4.29. The molecule has 0 bridgehead atoms. The van der Waals surface area contributed by atoms with E-state index in [1.807, 2.05) is 0 Å². The number of aromatic amines is 1. The van der Waals surface area contributed by atoms with Crippen LogP contribution in [0.2, 0.25) is 0 Å². The van der Waals surface area contributed by atoms with Gasteiger partial charge in [0.05, 0.1) is 29.8 Å². The van der Waals surface area contributed by atoms with Crippen LogP contribution in [0.3, 0.4) is 0 Å². The van der Waals surface area contributed by atoms with Crippen LogP contribution < -0.4 is 4.90 Å². The third-order valence-electron chi connectivity index (χ3n) is 4.29. The van der Waals surface area contributed by atoms with E-state index in [1.54, 1.807) is 18.2 Å². The van der Waals surface area contributed by atoms with E-state index in [0.717, 1.165) is 6.07 Å². The van der Waals surface area contributed by atoms with E-state index in [1.165, 1.54) is 11.2 Å². The van der Waals surface area contributed by atoms with Crippen molar-refractivity contribution in [2.24, 2.45) is 0 Å². The normalized spacial score (nSPS) is 17.7. The first-order chi connectivity index (χ1) is 12.0. The zero-order valence-corrected chi connectivity index (χ0v) is 12.9. The second-order valence-electron chi connectivity index (χ2n) is 5.90. The van der Waals surface area contributed by atoms with Gasteiger partial charge in [0.15, 0.2) is 11.6 Å². The zero-order chi connectivity index (χ0) is 17.7. The van der Waals surface area contributed by atoms with E-state index in [-0.39, 0.29) is 17.9 Å². The summed E-state index contributed by atoms with van der Waals surface area (Å²) in [7, 11) is 0. The fourth-order valence-corrected chi connectivity index (χ4v) is 3.20. The molecule has 126 valence electrons. The molecule has 0 aliphatic carbocycles. The predicted octanol–water partition coefficient (Wildman–Crippen LogP) is 4.01. The van der Waals surface area contributed by atoms with Gasteiger partial charge in [0.25, 0.3) is 0 Å². The maximum atomic E-state index is 14.3. The van der Waals surface area contributed by atoms with Crippen molar-refractivity contribution in [3.63, 3.8) is 0 Å². The average molecular weight is 343 g/mol. The maximum Gasteiger partial charge on any atom is 0.231 e. The van der Waals surface area contributed by atoms with E-state index >= 15 is 0 Å². The molecule has 1 unspecified atom stereocenters. The minimum atomic E-state index is -1.30. The quantitative estimate of drug-likeness (QED) is 0.564. The van der Waals surface area contributed by atoms with E-state index < -0.39 is 23.5 Å². The van der Waals surface area contributed by atoms with Gasteiger partial charge >= 0.3 is 0 Å². The van der Waals surface area contributed by atoms with Crippen LogP contribution in [0.1, 0.15) is 18.0 Å². The number of anilines is 1. The number of rotatable bonds is 2. The summed E-state index contributed by atoms with van der Waals surface area (Å²) >= 11 is 0. The van der Waals surface area contributed by atoms with Gasteiger partial charge < -0.3 is 9.88 Å². The van der Waals surface area contributed by atoms with Gasteiger partial charge in [-0.05, 0) is 29.8 Å². The van der Waals surface area contributed by atoms with Crippen molar-refractivity contribution >= 4 is 22.6 Å². The van der Waals surface area contributed by atoms with Crippen LogP contribution in [-0.4, -0.2) is 15.9 Å². The lowest BCUT2D eigenvalue weighted by Gasteiger charge is -2.26. The van der Waals surface area contributed by atoms with Crippen LogP contribution in [0, 0.1) is 17.5 Å². The molecule has 1 aliphatic heterocycles. The number of carbonyl (C=O) groups is 1. The molecule has 0 saturated carbocycles. The van der Waals surface area contributed by atoms with Gasteiger partial charge in [-0.1, -0.05) is 6.58 Å². The molecule has 1 fully saturated rings. The van der Waals surface area contributed by atoms with Crippen molar-refractivity contribution in [1.29, 1.82) is 0 Å². The molecule has 2 aromatic carbocycles. The third kappa shape index (κ3) is 2.39. The Morgan fingerprint density at radius 3 is 2.80 bits per heavy atom. The van der Waals surface area contributed by atoms with Gasteiger partial charge in [0, 0.05) is 17.3 Å². The number of imidazole rings is 1. The van der Waals surface area contributed by atoms with Crippen LogP contribution in [0.5, 0.6) is 0 Å². The molecular formula is C18H12F3N3O. The number of hydrogen-bond donors (Lipinski definition) is 1. The number of aromatic nitrogens is 2. The number of fused-ring (bicyclic) bond motifs is 1. The maximum absolute atomic E-state index is 14.3. The topological polar surface area (TPSA) is 49.0 Å². The summed E-state index contributed by atoms with van der Waals surface area (Å²) in [6.45, 7) is 3.80. The van der Waals surface area contributed by atoms with Crippen molar-refractivity contribution in [1.82, 2.24) is 9.97 Å². The molecule has 1 aromatic heterocycles. The Hall–Kier alpha value is -3.09. The van der Waals surface area contributed by atoms with Crippen LogP contribution in [0.4, 0.5) is 18.9 Å². The molecule has 4 rings (SSSR count). The molecule has 1 N–H and O–H groups in total. The number of benzene rings is 2. The lowest BCUT2D eigenvalue weighted by Crippen LogP contribution is -2.28. The number of nitrogens with one attached hydrogen (secondary N) is 1. The zero-order valence-electron chi connectivity index (χ0n) is 12.9. The SMILES string of the molecule is C=C1CC(=O)N(c2ccc3nc[nH]c3c2)C1c1cc(F)cc(F)c1F. The highest BCUT2D eigenvalue weighted by atomic mass is 19.2. The molecule has 1 amide bonds. The largest absolute Gasteiger partial charge is 0.345 e. The highest BCUT2D eigenvalue weighted by Crippen LogP contribution is 2.42. The number of carbonyl (C=O) groups excluding carboxylic acids is 1. The first kappa shape index (κ1) is 15.4. The molecule has 0 radical (unpaired) electrons. The van der Waals surface area contributed by atoms with E-state index in [0.29, 0.717) is 28.4 Å². The summed E-state index contributed by atoms with van der Waals surface area (Å²) < 4.78 is 41.6. The number of hydrogen-bond acceptors (Lipinski definition) is 2. The molecule has 25 heavy (non-hydrogen) atoms. The molecule has 2 heterocycles. The van der Waals surface area contributed by atoms with Crippen LogP contribution in [0.15, 0.2) is 48.8 Å². The van der Waals surface area contributed by atoms with Crippen LogP contribution in [0.25, 0.3) is 11.0 Å². The Kier molecular flexibility index (Phi) is 3.38. The monoisotopic (exact) mass is 343 g/mol. The highest BCUT2D eigenvalue weighted by Gasteiger charge is 2.38. The van der Waals surface area contributed by atoms with Gasteiger partial charge in [0.1, 0.15) is 5.82 Å². The lowest BCUT2D eigenvalue weighted by molar-refractivity contribution is -0.117. The fraction of sp³-hybridized carbons (Fsp3) is 0.111. The Morgan fingerprint density at radius 1 is 1.20 bits per heavy atom. The van der Waals surface area contributed by atoms with Crippen molar-refractivity contribution in [3.8, 4) is 0 Å². The summed E-state index contributed by atoms with van der Waals surface area (Å²) in [5.41, 5.74) is 1.98. The van der Waals surface area contributed by atoms with E-state index in [2.05, 4.69) is 16.5 Å². The number of halogens is 3. The second kappa shape index (κ2) is 5.47. The standard InChI is InChI=1S/C18H12F3N3O/c1-9-4-16(25)24(11-2-3-14-15(7-11)23-8-22-14)18(9)12-5-10(19)6-13(20)17(12)21/h2-3,5-8,18H,1,4H2,(H,22,23). The Labute approximate surface area is 140 Å². The molecule has 4 nitrogen and oxygen atoms in total. The van der Waals surface area contributed by atoms with E-state index in [4.69, 9.17) is 0 Å². The number of H-pyrrole nitrogens is 1. The summed E-state index contributed by atoms with van der Waals surface area (Å²) in [5.74, 6) is -3.72. The highest BCUT2D eigenvalue weighted by molar-refractivity contribution is 6.01. The van der Waals surface area contributed by atoms with Gasteiger partial charge in [-0.3, -0.25) is 4.79 Å². The van der Waals surface area contributed by atoms with E-state index in [9.17, 15) is 18.0 Å². The minimum Gasteiger partial charge on any atom is -0.345 e. The minimum absolute atomic E-state index is 0.0246. The van der Waals surface area contributed by atoms with Crippen LogP contribution in [-0.2, 0) is 4.79 Å². The molecule has 1 aliphatic rings. The fourth-order valence-electron chi connectivity index (χ4n) is 3.20. The van der Waals surface area contributed by atoms with Crippen molar-refractivity contribution < 1.29 is 18.0 Å². The Morgan fingerprint density at radius 2 is 2.00 bits per heavy atom. The molecule has 1 saturated heterocycles. The van der Waals surface area contributed by atoms with Gasteiger partial charge in [-0.25, -0.2) is 18.2 Å². The first-order valence-corrected chi connectivity index (χ1v) is 7.53. The molecular weight excluding hydrogens is 331 g/mol. The van der Waals surface area contributed by atoms with Gasteiger partial charge in [-0.2, -0.15) is 0 Å². The predicted molar refractivity (Wildman–Crippen MR) is 86.4 cm³/mol. The van der Waals surface area contributed by atoms with Crippen LogP contribution >= 0.6 is 0 Å². The average Bonchev–Trinajstić information content (AvgIpc) is 3.13. The van der Waals surface area contributed by atoms with Crippen molar-refractivity contribution in [2.75, 3.05) is 4.90 Å². The molecule has 1 atom stereocenters. The summed E-state index contributed by atoms with van der Waals surface area (Å²) in [6, 6.07) is 5.43. The summed E-state index contributed by atoms with van der Waals surface area (Å²) in [5, 5.41) is 0. The van der Waals surface area contributed by atoms with Crippen molar-refractivity contribution in [2.45, 2.75) is 12.5 Å². The summed E-state index contributed by atoms with van der Waals surface area (Å²) in [4.78, 5) is 20.8. The Bertz CT molecular complexity index is 1030.